The van der Waals surface area contributed by atoms with Gasteiger partial charge in [0, 0.05) is 23.4 Å². The van der Waals surface area contributed by atoms with Crippen LogP contribution in [0.1, 0.15) is 25.0 Å². The van der Waals surface area contributed by atoms with Gasteiger partial charge in [0.1, 0.15) is 0 Å². The Bertz CT molecular complexity index is 449. The number of rotatable bonds is 7. The third-order valence-electron chi connectivity index (χ3n) is 2.40. The monoisotopic (exact) mass is 282 g/mol. The van der Waals surface area contributed by atoms with Gasteiger partial charge in [-0.15, -0.1) is 0 Å². The smallest absolute Gasteiger partial charge is 0.227 e. The van der Waals surface area contributed by atoms with Gasteiger partial charge in [-0.2, -0.15) is 11.8 Å². The molecule has 0 aliphatic carbocycles. The van der Waals surface area contributed by atoms with Gasteiger partial charge in [0.15, 0.2) is 0 Å². The number of hydrogen-bond acceptors (Lipinski definition) is 4. The Balaban J connectivity index is 2.46. The molecule has 0 aromatic heterocycles. The normalized spacial score (nSPS) is 11.9. The van der Waals surface area contributed by atoms with Crippen LogP contribution in [0.4, 0.5) is 5.69 Å². The highest BCUT2D eigenvalue weighted by Crippen LogP contribution is 2.22. The summed E-state index contributed by atoms with van der Waals surface area (Å²) in [6.45, 7) is 1.65. The van der Waals surface area contributed by atoms with Gasteiger partial charge in [0.05, 0.1) is 11.9 Å². The summed E-state index contributed by atoms with van der Waals surface area (Å²) in [4.78, 5) is 22.2. The second kappa shape index (κ2) is 7.81. The minimum absolute atomic E-state index is 0.148. The number of aliphatic hydroxyl groups is 1. The van der Waals surface area contributed by atoms with Crippen LogP contribution in [-0.4, -0.2) is 28.4 Å². The Hall–Kier alpha value is -1.53. The maximum absolute atomic E-state index is 11.7. The zero-order valence-corrected chi connectivity index (χ0v) is 11.6. The van der Waals surface area contributed by atoms with E-state index in [2.05, 4.69) is 5.32 Å². The molecule has 0 aliphatic heterocycles. The Morgan fingerprint density at radius 2 is 2.11 bits per heavy atom. The number of carbonyl (C=O) groups is 2. The van der Waals surface area contributed by atoms with E-state index in [9.17, 15) is 14.7 Å². The molecule has 2 amide bonds. The molecule has 104 valence electrons. The van der Waals surface area contributed by atoms with E-state index in [4.69, 9.17) is 5.73 Å². The van der Waals surface area contributed by atoms with Crippen molar-refractivity contribution < 1.29 is 14.7 Å². The lowest BCUT2D eigenvalue weighted by molar-refractivity contribution is -0.116. The molecule has 0 saturated carbocycles. The molecule has 1 rings (SSSR count). The molecular formula is C13H18N2O3S. The van der Waals surface area contributed by atoms with Crippen molar-refractivity contribution in [2.75, 3.05) is 16.8 Å². The topological polar surface area (TPSA) is 92.4 Å². The van der Waals surface area contributed by atoms with Crippen LogP contribution in [0.5, 0.6) is 0 Å². The highest BCUT2D eigenvalue weighted by Gasteiger charge is 2.10. The summed E-state index contributed by atoms with van der Waals surface area (Å²) < 4.78 is 0. The van der Waals surface area contributed by atoms with Gasteiger partial charge in [0.2, 0.25) is 11.8 Å². The maximum atomic E-state index is 11.7. The number of primary amides is 1. The number of thioether (sulfide) groups is 1. The number of anilines is 1. The molecule has 1 unspecified atom stereocenters. The molecule has 0 saturated heterocycles. The molecule has 0 radical (unpaired) electrons. The summed E-state index contributed by atoms with van der Waals surface area (Å²) in [6.07, 6.45) is -0.340. The fraction of sp³-hybridized carbons (Fsp3) is 0.385. The molecule has 0 aliphatic rings. The van der Waals surface area contributed by atoms with Gasteiger partial charge < -0.3 is 16.2 Å². The molecule has 0 bridgehead atoms. The fourth-order valence-corrected chi connectivity index (χ4v) is 2.20. The summed E-state index contributed by atoms with van der Waals surface area (Å²) in [7, 11) is 0. The van der Waals surface area contributed by atoms with Crippen LogP contribution in [0.25, 0.3) is 0 Å². The van der Waals surface area contributed by atoms with Gasteiger partial charge in [-0.3, -0.25) is 9.59 Å². The molecular weight excluding hydrogens is 264 g/mol. The number of nitrogens with one attached hydrogen (secondary N) is 1. The van der Waals surface area contributed by atoms with Gasteiger partial charge in [-0.05, 0) is 13.0 Å². The second-order valence-corrected chi connectivity index (χ2v) is 5.19. The van der Waals surface area contributed by atoms with Gasteiger partial charge in [0.25, 0.3) is 0 Å². The fourth-order valence-electron chi connectivity index (χ4n) is 1.53. The van der Waals surface area contributed by atoms with E-state index in [0.29, 0.717) is 23.4 Å². The first kappa shape index (κ1) is 15.5. The average Bonchev–Trinajstić information content (AvgIpc) is 2.35. The molecule has 6 heteroatoms. The number of para-hydroxylation sites is 1. The Morgan fingerprint density at radius 3 is 2.74 bits per heavy atom. The van der Waals surface area contributed by atoms with Crippen LogP contribution in [0.15, 0.2) is 24.3 Å². The lowest BCUT2D eigenvalue weighted by atomic mass is 10.1. The first-order valence-electron chi connectivity index (χ1n) is 5.93. The standard InChI is InChI=1S/C13H18N2O3S/c1-9(16)10-4-2-3-5-11(10)15-13(18)6-7-19-8-12(14)17/h2-5,9,16H,6-8H2,1H3,(H2,14,17)(H,15,18). The zero-order valence-electron chi connectivity index (χ0n) is 10.8. The zero-order chi connectivity index (χ0) is 14.3. The average molecular weight is 282 g/mol. The van der Waals surface area contributed by atoms with Crippen molar-refractivity contribution in [3.63, 3.8) is 0 Å². The second-order valence-electron chi connectivity index (χ2n) is 4.08. The first-order valence-corrected chi connectivity index (χ1v) is 7.09. The summed E-state index contributed by atoms with van der Waals surface area (Å²) in [6, 6.07) is 7.11. The van der Waals surface area contributed by atoms with Crippen LogP contribution < -0.4 is 11.1 Å². The maximum Gasteiger partial charge on any atom is 0.227 e. The highest BCUT2D eigenvalue weighted by molar-refractivity contribution is 7.99. The predicted molar refractivity (Wildman–Crippen MR) is 76.8 cm³/mol. The van der Waals surface area contributed by atoms with E-state index in [1.165, 1.54) is 11.8 Å². The third-order valence-corrected chi connectivity index (χ3v) is 3.38. The van der Waals surface area contributed by atoms with E-state index >= 15 is 0 Å². The lowest BCUT2D eigenvalue weighted by Crippen LogP contribution is -2.16. The summed E-state index contributed by atoms with van der Waals surface area (Å²) in [5, 5.41) is 12.3. The Kier molecular flexibility index (Phi) is 6.38. The van der Waals surface area contributed by atoms with Crippen molar-refractivity contribution in [2.24, 2.45) is 5.73 Å². The van der Waals surface area contributed by atoms with Crippen LogP contribution in [0.3, 0.4) is 0 Å². The van der Waals surface area contributed by atoms with Crippen molar-refractivity contribution in [2.45, 2.75) is 19.4 Å². The number of carbonyl (C=O) groups excluding carboxylic acids is 2. The van der Waals surface area contributed by atoms with Gasteiger partial charge in [-0.25, -0.2) is 0 Å². The van der Waals surface area contributed by atoms with Crippen LogP contribution in [0.2, 0.25) is 0 Å². The summed E-state index contributed by atoms with van der Waals surface area (Å²) in [5.74, 6) is 0.221. The quantitative estimate of drug-likeness (QED) is 0.657. The minimum Gasteiger partial charge on any atom is -0.389 e. The third kappa shape index (κ3) is 5.76. The summed E-state index contributed by atoms with van der Waals surface area (Å²) in [5.41, 5.74) is 6.29. The Morgan fingerprint density at radius 1 is 1.42 bits per heavy atom. The predicted octanol–water partition coefficient (Wildman–Crippen LogP) is 1.29. The molecule has 1 aromatic rings. The van der Waals surface area contributed by atoms with Gasteiger partial charge in [-0.1, -0.05) is 18.2 Å². The molecule has 1 atom stereocenters. The molecule has 5 nitrogen and oxygen atoms in total. The highest BCUT2D eigenvalue weighted by atomic mass is 32.2. The number of hydrogen-bond donors (Lipinski definition) is 3. The Labute approximate surface area is 116 Å². The lowest BCUT2D eigenvalue weighted by Gasteiger charge is -2.12. The van der Waals surface area contributed by atoms with Crippen LogP contribution in [0, 0.1) is 0 Å². The minimum atomic E-state index is -0.638. The molecule has 19 heavy (non-hydrogen) atoms. The number of nitrogens with two attached hydrogens (primary N) is 1. The van der Waals surface area contributed by atoms with Crippen LogP contribution >= 0.6 is 11.8 Å². The van der Waals surface area contributed by atoms with E-state index in [1.807, 2.05) is 0 Å². The first-order chi connectivity index (χ1) is 9.00. The largest absolute Gasteiger partial charge is 0.389 e. The summed E-state index contributed by atoms with van der Waals surface area (Å²) >= 11 is 1.33. The molecule has 0 spiro atoms. The number of aliphatic hydroxyl groups excluding tert-OH is 1. The van der Waals surface area contributed by atoms with Gasteiger partial charge >= 0.3 is 0 Å². The van der Waals surface area contributed by atoms with Crippen molar-refractivity contribution in [3.05, 3.63) is 29.8 Å². The number of benzene rings is 1. The molecule has 0 fully saturated rings. The van der Waals surface area contributed by atoms with Crippen molar-refractivity contribution >= 4 is 29.3 Å². The molecule has 0 heterocycles. The molecule has 4 N–H and O–H groups in total. The van der Waals surface area contributed by atoms with E-state index in [0.717, 1.165) is 0 Å². The van der Waals surface area contributed by atoms with Crippen molar-refractivity contribution in [3.8, 4) is 0 Å². The van der Waals surface area contributed by atoms with E-state index in [-0.39, 0.29) is 17.6 Å². The van der Waals surface area contributed by atoms with E-state index in [1.54, 1.807) is 31.2 Å². The molecule has 1 aromatic carbocycles. The van der Waals surface area contributed by atoms with Crippen LogP contribution in [-0.2, 0) is 9.59 Å². The van der Waals surface area contributed by atoms with Crippen molar-refractivity contribution in [1.82, 2.24) is 0 Å². The number of amides is 2. The van der Waals surface area contributed by atoms with Crippen molar-refractivity contribution in [1.29, 1.82) is 0 Å². The SMILES string of the molecule is CC(O)c1ccccc1NC(=O)CCSCC(N)=O. The van der Waals surface area contributed by atoms with E-state index < -0.39 is 6.10 Å².